The maximum absolute atomic E-state index is 12.2. The number of anilines is 2. The maximum Gasteiger partial charge on any atom is 0.266 e. The van der Waals surface area contributed by atoms with E-state index in [1.165, 1.54) is 11.1 Å². The fraction of sp³-hybridized carbons (Fsp3) is 0.333. The lowest BCUT2D eigenvalue weighted by atomic mass is 10.2. The summed E-state index contributed by atoms with van der Waals surface area (Å²) in [7, 11) is 0. The van der Waals surface area contributed by atoms with Crippen molar-refractivity contribution < 1.29 is 15.0 Å². The molecule has 0 fully saturated rings. The van der Waals surface area contributed by atoms with E-state index in [0.717, 1.165) is 5.56 Å². The van der Waals surface area contributed by atoms with Gasteiger partial charge in [-0.15, -0.1) is 0 Å². The van der Waals surface area contributed by atoms with Gasteiger partial charge in [0.25, 0.3) is 5.91 Å². The van der Waals surface area contributed by atoms with Crippen LogP contribution in [0.2, 0.25) is 0 Å². The van der Waals surface area contributed by atoms with Gasteiger partial charge in [-0.25, -0.2) is 0 Å². The van der Waals surface area contributed by atoms with Crippen molar-refractivity contribution in [2.75, 3.05) is 37.4 Å². The Kier molecular flexibility index (Phi) is 6.89. The fourth-order valence-corrected chi connectivity index (χ4v) is 1.83. The van der Waals surface area contributed by atoms with Gasteiger partial charge in [-0.2, -0.15) is 5.26 Å². The Morgan fingerprint density at radius 1 is 1.41 bits per heavy atom. The third-order valence-electron chi connectivity index (χ3n) is 2.96. The number of amides is 1. The van der Waals surface area contributed by atoms with Crippen molar-refractivity contribution in [3.8, 4) is 6.07 Å². The van der Waals surface area contributed by atoms with E-state index in [4.69, 9.17) is 21.2 Å². The Bertz CT molecular complexity index is 587. The molecule has 0 atom stereocenters. The predicted molar refractivity (Wildman–Crippen MR) is 83.7 cm³/mol. The molecule has 0 radical (unpaired) electrons. The van der Waals surface area contributed by atoms with Crippen LogP contribution in [0.25, 0.3) is 0 Å². The van der Waals surface area contributed by atoms with Crippen LogP contribution in [0.1, 0.15) is 5.56 Å². The molecule has 1 aromatic rings. The van der Waals surface area contributed by atoms with E-state index in [1.807, 2.05) is 13.0 Å². The van der Waals surface area contributed by atoms with Crippen LogP contribution in [0.4, 0.5) is 11.4 Å². The standard InChI is InChI=1S/C15H20N4O3/c1-11-2-3-14(13(17)8-11)18-10-12(9-16)15(22)19(4-6-20)5-7-21/h2-3,8,10,18,20-21H,4-7,17H2,1H3/b12-10-. The minimum atomic E-state index is -0.566. The third-order valence-corrected chi connectivity index (χ3v) is 2.96. The Morgan fingerprint density at radius 2 is 2.05 bits per heavy atom. The van der Waals surface area contributed by atoms with E-state index in [1.54, 1.807) is 18.2 Å². The van der Waals surface area contributed by atoms with Gasteiger partial charge in [-0.05, 0) is 24.6 Å². The second-order valence-electron chi connectivity index (χ2n) is 4.64. The van der Waals surface area contributed by atoms with Crippen LogP contribution in [0.5, 0.6) is 0 Å². The zero-order chi connectivity index (χ0) is 16.5. The van der Waals surface area contributed by atoms with Crippen LogP contribution in [0.3, 0.4) is 0 Å². The second-order valence-corrected chi connectivity index (χ2v) is 4.64. The molecular weight excluding hydrogens is 284 g/mol. The Balaban J connectivity index is 2.89. The molecule has 0 heterocycles. The van der Waals surface area contributed by atoms with Crippen molar-refractivity contribution in [1.82, 2.24) is 4.90 Å². The van der Waals surface area contributed by atoms with Gasteiger partial charge in [-0.3, -0.25) is 4.79 Å². The molecule has 0 aromatic heterocycles. The summed E-state index contributed by atoms with van der Waals surface area (Å²) in [5, 5.41) is 29.8. The van der Waals surface area contributed by atoms with Gasteiger partial charge in [0.2, 0.25) is 0 Å². The highest BCUT2D eigenvalue weighted by atomic mass is 16.3. The zero-order valence-corrected chi connectivity index (χ0v) is 12.4. The molecule has 1 aromatic carbocycles. The number of benzene rings is 1. The largest absolute Gasteiger partial charge is 0.397 e. The highest BCUT2D eigenvalue weighted by Crippen LogP contribution is 2.19. The fourth-order valence-electron chi connectivity index (χ4n) is 1.83. The molecule has 0 saturated carbocycles. The van der Waals surface area contributed by atoms with Gasteiger partial charge < -0.3 is 26.2 Å². The molecule has 1 amide bonds. The Morgan fingerprint density at radius 3 is 2.55 bits per heavy atom. The van der Waals surface area contributed by atoms with Crippen molar-refractivity contribution in [2.24, 2.45) is 0 Å². The first-order chi connectivity index (χ1) is 10.5. The van der Waals surface area contributed by atoms with Crippen LogP contribution in [0, 0.1) is 18.3 Å². The van der Waals surface area contributed by atoms with Crippen LogP contribution < -0.4 is 11.1 Å². The molecule has 118 valence electrons. The van der Waals surface area contributed by atoms with E-state index in [-0.39, 0.29) is 31.9 Å². The molecule has 5 N–H and O–H groups in total. The summed E-state index contributed by atoms with van der Waals surface area (Å²) in [6.07, 6.45) is 1.27. The minimum Gasteiger partial charge on any atom is -0.397 e. The van der Waals surface area contributed by atoms with Gasteiger partial charge in [0, 0.05) is 19.3 Å². The van der Waals surface area contributed by atoms with Crippen LogP contribution in [-0.4, -0.2) is 47.3 Å². The Hall–Kier alpha value is -2.56. The van der Waals surface area contributed by atoms with Crippen molar-refractivity contribution in [2.45, 2.75) is 6.92 Å². The average Bonchev–Trinajstić information content (AvgIpc) is 2.49. The monoisotopic (exact) mass is 304 g/mol. The topological polar surface area (TPSA) is 123 Å². The zero-order valence-electron chi connectivity index (χ0n) is 12.4. The predicted octanol–water partition coefficient (Wildman–Crippen LogP) is 0.210. The van der Waals surface area contributed by atoms with Gasteiger partial charge in [0.05, 0.1) is 24.6 Å². The first-order valence-corrected chi connectivity index (χ1v) is 6.77. The number of aliphatic hydroxyl groups is 2. The number of nitrogen functional groups attached to an aromatic ring is 1. The van der Waals surface area contributed by atoms with Gasteiger partial charge >= 0.3 is 0 Å². The number of hydrogen-bond acceptors (Lipinski definition) is 6. The molecule has 1 rings (SSSR count). The molecule has 0 aliphatic carbocycles. The quantitative estimate of drug-likeness (QED) is 0.324. The number of nitrogens with zero attached hydrogens (tertiary/aromatic N) is 2. The van der Waals surface area contributed by atoms with Crippen LogP contribution in [-0.2, 0) is 4.79 Å². The van der Waals surface area contributed by atoms with E-state index in [2.05, 4.69) is 5.32 Å². The number of nitrogens with one attached hydrogen (secondary N) is 1. The lowest BCUT2D eigenvalue weighted by Crippen LogP contribution is -2.36. The molecule has 0 aliphatic heterocycles. The van der Waals surface area contributed by atoms with Gasteiger partial charge in [-0.1, -0.05) is 6.07 Å². The number of nitriles is 1. The summed E-state index contributed by atoms with van der Waals surface area (Å²) >= 11 is 0. The molecule has 7 nitrogen and oxygen atoms in total. The summed E-state index contributed by atoms with van der Waals surface area (Å²) in [5.41, 5.74) is 7.80. The second kappa shape index (κ2) is 8.67. The summed E-state index contributed by atoms with van der Waals surface area (Å²) < 4.78 is 0. The molecule has 0 spiro atoms. The van der Waals surface area contributed by atoms with Crippen molar-refractivity contribution in [1.29, 1.82) is 5.26 Å². The number of nitrogens with two attached hydrogens (primary N) is 1. The summed E-state index contributed by atoms with van der Waals surface area (Å²) in [5.74, 6) is -0.566. The first kappa shape index (κ1) is 17.5. The van der Waals surface area contributed by atoms with E-state index >= 15 is 0 Å². The number of hydrogen-bond donors (Lipinski definition) is 4. The number of carbonyl (C=O) groups excluding carboxylic acids is 1. The number of rotatable bonds is 7. The normalized spacial score (nSPS) is 10.9. The number of carbonyl (C=O) groups is 1. The molecule has 0 saturated heterocycles. The first-order valence-electron chi connectivity index (χ1n) is 6.77. The summed E-state index contributed by atoms with van der Waals surface area (Å²) in [6.45, 7) is 1.50. The molecule has 0 bridgehead atoms. The van der Waals surface area contributed by atoms with E-state index in [9.17, 15) is 4.79 Å². The molecular formula is C15H20N4O3. The average molecular weight is 304 g/mol. The molecule has 22 heavy (non-hydrogen) atoms. The molecule has 0 aliphatic rings. The third kappa shape index (κ3) is 4.77. The van der Waals surface area contributed by atoms with Crippen LogP contribution in [0.15, 0.2) is 30.0 Å². The number of aliphatic hydroxyl groups excluding tert-OH is 2. The van der Waals surface area contributed by atoms with E-state index < -0.39 is 5.91 Å². The van der Waals surface area contributed by atoms with Crippen molar-refractivity contribution in [3.63, 3.8) is 0 Å². The number of aryl methyl sites for hydroxylation is 1. The lowest BCUT2D eigenvalue weighted by Gasteiger charge is -2.20. The molecule has 0 unspecified atom stereocenters. The lowest BCUT2D eigenvalue weighted by molar-refractivity contribution is -0.127. The van der Waals surface area contributed by atoms with Crippen LogP contribution >= 0.6 is 0 Å². The smallest absolute Gasteiger partial charge is 0.266 e. The highest BCUT2D eigenvalue weighted by molar-refractivity contribution is 5.97. The van der Waals surface area contributed by atoms with Crippen molar-refractivity contribution in [3.05, 3.63) is 35.5 Å². The van der Waals surface area contributed by atoms with Crippen molar-refractivity contribution >= 4 is 17.3 Å². The van der Waals surface area contributed by atoms with Gasteiger partial charge in [0.1, 0.15) is 11.6 Å². The summed E-state index contributed by atoms with van der Waals surface area (Å²) in [6, 6.07) is 7.18. The maximum atomic E-state index is 12.2. The highest BCUT2D eigenvalue weighted by Gasteiger charge is 2.17. The SMILES string of the molecule is Cc1ccc(N/C=C(/C#N)C(=O)N(CCO)CCO)c(N)c1. The van der Waals surface area contributed by atoms with Gasteiger partial charge in [0.15, 0.2) is 0 Å². The Labute approximate surface area is 129 Å². The molecule has 7 heteroatoms. The van der Waals surface area contributed by atoms with E-state index in [0.29, 0.717) is 11.4 Å². The minimum absolute atomic E-state index is 0.0467. The summed E-state index contributed by atoms with van der Waals surface area (Å²) in [4.78, 5) is 13.4.